The molecule has 2 nitrogen and oxygen atoms in total. The van der Waals surface area contributed by atoms with E-state index in [-0.39, 0.29) is 0 Å². The minimum absolute atomic E-state index is 0.512. The first-order valence-corrected chi connectivity index (χ1v) is 5.72. The highest BCUT2D eigenvalue weighted by Gasteiger charge is 2.16. The first kappa shape index (κ1) is 11.4. The van der Waals surface area contributed by atoms with Crippen molar-refractivity contribution in [2.24, 2.45) is 0 Å². The summed E-state index contributed by atoms with van der Waals surface area (Å²) in [6.07, 6.45) is 1.94. The Morgan fingerprint density at radius 1 is 1.57 bits per heavy atom. The van der Waals surface area contributed by atoms with Gasteiger partial charge in [-0.1, -0.05) is 11.6 Å². The standard InChI is InChI=1S/C10H11ClO2S/c1-6(10(12)13)8-5-7(14-2)3-4-9(8)11/h3-6H,1-2H3,(H,12,13). The fraction of sp³-hybridized carbons (Fsp3) is 0.300. The third-order valence-electron chi connectivity index (χ3n) is 2.04. The zero-order valence-corrected chi connectivity index (χ0v) is 9.52. The SMILES string of the molecule is CSc1ccc(Cl)c(C(C)C(=O)O)c1. The first-order valence-electron chi connectivity index (χ1n) is 4.12. The van der Waals surface area contributed by atoms with E-state index in [1.165, 1.54) is 0 Å². The maximum Gasteiger partial charge on any atom is 0.310 e. The minimum atomic E-state index is -0.856. The number of carbonyl (C=O) groups is 1. The Bertz CT molecular complexity index is 352. The lowest BCUT2D eigenvalue weighted by molar-refractivity contribution is -0.138. The van der Waals surface area contributed by atoms with E-state index in [9.17, 15) is 4.79 Å². The molecule has 0 amide bonds. The Kier molecular flexibility index (Phi) is 3.84. The number of aliphatic carboxylic acids is 1. The largest absolute Gasteiger partial charge is 0.481 e. The Balaban J connectivity index is 3.11. The summed E-state index contributed by atoms with van der Waals surface area (Å²) in [6.45, 7) is 1.63. The van der Waals surface area contributed by atoms with Crippen LogP contribution in [0, 0.1) is 0 Å². The predicted octanol–water partition coefficient (Wildman–Crippen LogP) is 3.25. The Morgan fingerprint density at radius 2 is 2.21 bits per heavy atom. The number of rotatable bonds is 3. The van der Waals surface area contributed by atoms with Crippen molar-refractivity contribution in [2.75, 3.05) is 6.26 Å². The molecule has 0 radical (unpaired) electrons. The topological polar surface area (TPSA) is 37.3 Å². The highest BCUT2D eigenvalue weighted by atomic mass is 35.5. The van der Waals surface area contributed by atoms with E-state index in [1.807, 2.05) is 18.4 Å². The van der Waals surface area contributed by atoms with Crippen molar-refractivity contribution in [3.05, 3.63) is 28.8 Å². The summed E-state index contributed by atoms with van der Waals surface area (Å²) in [6, 6.07) is 5.44. The molecule has 0 spiro atoms. The molecule has 1 N–H and O–H groups in total. The summed E-state index contributed by atoms with van der Waals surface area (Å²) in [5.41, 5.74) is 0.672. The molecule has 0 aromatic heterocycles. The molecule has 0 aliphatic rings. The Hall–Kier alpha value is -0.670. The third-order valence-corrected chi connectivity index (χ3v) is 3.11. The van der Waals surface area contributed by atoms with Crippen molar-refractivity contribution in [3.8, 4) is 0 Å². The van der Waals surface area contributed by atoms with E-state index in [4.69, 9.17) is 16.7 Å². The molecule has 0 aliphatic heterocycles. The van der Waals surface area contributed by atoms with Crippen LogP contribution in [0.1, 0.15) is 18.4 Å². The molecule has 0 bridgehead atoms. The van der Waals surface area contributed by atoms with Crippen LogP contribution in [-0.2, 0) is 4.79 Å². The van der Waals surface area contributed by atoms with Gasteiger partial charge in [0.25, 0.3) is 0 Å². The maximum atomic E-state index is 10.8. The summed E-state index contributed by atoms with van der Waals surface area (Å²) >= 11 is 7.49. The van der Waals surface area contributed by atoms with Gasteiger partial charge in [0.05, 0.1) is 5.92 Å². The van der Waals surface area contributed by atoms with Crippen LogP contribution < -0.4 is 0 Å². The molecule has 1 rings (SSSR count). The molecular formula is C10H11ClO2S. The Labute approximate surface area is 92.3 Å². The lowest BCUT2D eigenvalue weighted by Gasteiger charge is -2.10. The van der Waals surface area contributed by atoms with Crippen LogP contribution in [0.15, 0.2) is 23.1 Å². The molecule has 0 saturated carbocycles. The number of thioether (sulfide) groups is 1. The second-order valence-corrected chi connectivity index (χ2v) is 4.23. The average molecular weight is 231 g/mol. The van der Waals surface area contributed by atoms with Crippen molar-refractivity contribution >= 4 is 29.3 Å². The number of halogens is 1. The maximum absolute atomic E-state index is 10.8. The van der Waals surface area contributed by atoms with Crippen LogP contribution in [0.4, 0.5) is 0 Å². The number of carboxylic acid groups (broad SMARTS) is 1. The average Bonchev–Trinajstić information content (AvgIpc) is 2.17. The fourth-order valence-electron chi connectivity index (χ4n) is 1.11. The van der Waals surface area contributed by atoms with Crippen molar-refractivity contribution < 1.29 is 9.90 Å². The normalized spacial score (nSPS) is 12.5. The molecule has 0 saturated heterocycles. The molecule has 76 valence electrons. The van der Waals surface area contributed by atoms with Crippen molar-refractivity contribution in [1.82, 2.24) is 0 Å². The zero-order valence-electron chi connectivity index (χ0n) is 7.95. The molecule has 14 heavy (non-hydrogen) atoms. The number of hydrogen-bond donors (Lipinski definition) is 1. The second-order valence-electron chi connectivity index (χ2n) is 2.95. The van der Waals surface area contributed by atoms with Crippen LogP contribution in [0.25, 0.3) is 0 Å². The van der Waals surface area contributed by atoms with Gasteiger partial charge in [0.2, 0.25) is 0 Å². The van der Waals surface area contributed by atoms with Gasteiger partial charge in [-0.2, -0.15) is 0 Å². The van der Waals surface area contributed by atoms with E-state index in [2.05, 4.69) is 0 Å². The number of benzene rings is 1. The predicted molar refractivity (Wildman–Crippen MR) is 59.3 cm³/mol. The summed E-state index contributed by atoms with van der Waals surface area (Å²) in [5, 5.41) is 9.37. The van der Waals surface area contributed by atoms with E-state index < -0.39 is 11.9 Å². The van der Waals surface area contributed by atoms with Crippen molar-refractivity contribution in [2.45, 2.75) is 17.7 Å². The molecule has 0 aliphatic carbocycles. The van der Waals surface area contributed by atoms with Crippen LogP contribution >= 0.6 is 23.4 Å². The summed E-state index contributed by atoms with van der Waals surface area (Å²) in [5.74, 6) is -1.42. The third kappa shape index (κ3) is 2.42. The lowest BCUT2D eigenvalue weighted by Crippen LogP contribution is -2.07. The van der Waals surface area contributed by atoms with Gasteiger partial charge in [-0.15, -0.1) is 11.8 Å². The van der Waals surface area contributed by atoms with E-state index in [0.29, 0.717) is 10.6 Å². The number of carboxylic acids is 1. The van der Waals surface area contributed by atoms with Gasteiger partial charge >= 0.3 is 5.97 Å². The summed E-state index contributed by atoms with van der Waals surface area (Å²) < 4.78 is 0. The van der Waals surface area contributed by atoms with Crippen LogP contribution in [0.5, 0.6) is 0 Å². The quantitative estimate of drug-likeness (QED) is 0.810. The molecule has 1 atom stereocenters. The monoisotopic (exact) mass is 230 g/mol. The van der Waals surface area contributed by atoms with Crippen LogP contribution in [0.3, 0.4) is 0 Å². The lowest BCUT2D eigenvalue weighted by atomic mass is 10.0. The van der Waals surface area contributed by atoms with Gasteiger partial charge in [-0.3, -0.25) is 4.79 Å². The highest BCUT2D eigenvalue weighted by Crippen LogP contribution is 2.28. The van der Waals surface area contributed by atoms with E-state index in [1.54, 1.807) is 24.8 Å². The van der Waals surface area contributed by atoms with Crippen LogP contribution in [0.2, 0.25) is 5.02 Å². The summed E-state index contributed by atoms with van der Waals surface area (Å²) in [4.78, 5) is 11.8. The molecule has 1 unspecified atom stereocenters. The smallest absolute Gasteiger partial charge is 0.310 e. The van der Waals surface area contributed by atoms with E-state index in [0.717, 1.165) is 4.90 Å². The highest BCUT2D eigenvalue weighted by molar-refractivity contribution is 7.98. The molecule has 1 aromatic rings. The molecule has 0 heterocycles. The van der Waals surface area contributed by atoms with Gasteiger partial charge in [0.1, 0.15) is 0 Å². The van der Waals surface area contributed by atoms with Gasteiger partial charge in [-0.25, -0.2) is 0 Å². The van der Waals surface area contributed by atoms with Gasteiger partial charge in [-0.05, 0) is 36.9 Å². The van der Waals surface area contributed by atoms with Crippen LogP contribution in [-0.4, -0.2) is 17.3 Å². The fourth-order valence-corrected chi connectivity index (χ4v) is 1.84. The van der Waals surface area contributed by atoms with E-state index >= 15 is 0 Å². The van der Waals surface area contributed by atoms with Crippen molar-refractivity contribution in [3.63, 3.8) is 0 Å². The summed E-state index contributed by atoms with van der Waals surface area (Å²) in [7, 11) is 0. The van der Waals surface area contributed by atoms with Crippen molar-refractivity contribution in [1.29, 1.82) is 0 Å². The number of hydrogen-bond acceptors (Lipinski definition) is 2. The molecular weight excluding hydrogens is 220 g/mol. The van der Waals surface area contributed by atoms with Gasteiger partial charge in [0.15, 0.2) is 0 Å². The zero-order chi connectivity index (χ0) is 10.7. The first-order chi connectivity index (χ1) is 6.56. The molecule has 1 aromatic carbocycles. The Morgan fingerprint density at radius 3 is 2.71 bits per heavy atom. The van der Waals surface area contributed by atoms with Gasteiger partial charge < -0.3 is 5.11 Å². The van der Waals surface area contributed by atoms with Gasteiger partial charge in [0, 0.05) is 9.92 Å². The molecule has 4 heteroatoms. The molecule has 0 fully saturated rings. The second kappa shape index (κ2) is 4.71. The minimum Gasteiger partial charge on any atom is -0.481 e.